The molecule has 1 aliphatic heterocycles. The van der Waals surface area contributed by atoms with Crippen molar-refractivity contribution in [3.63, 3.8) is 0 Å². The fraction of sp³-hybridized carbons (Fsp3) is 0.455. The Morgan fingerprint density at radius 1 is 1.46 bits per heavy atom. The topological polar surface area (TPSA) is 35.2 Å². The Bertz CT molecular complexity index is 331. The lowest BCUT2D eigenvalue weighted by molar-refractivity contribution is 0.291. The van der Waals surface area contributed by atoms with Crippen molar-refractivity contribution in [3.8, 4) is 5.75 Å². The van der Waals surface area contributed by atoms with E-state index in [2.05, 4.69) is 26.0 Å². The summed E-state index contributed by atoms with van der Waals surface area (Å²) in [6.07, 6.45) is 0. The van der Waals surface area contributed by atoms with E-state index < -0.39 is 0 Å². The Morgan fingerprint density at radius 3 is 2.92 bits per heavy atom. The molecule has 0 atom stereocenters. The zero-order chi connectivity index (χ0) is 9.47. The van der Waals surface area contributed by atoms with Crippen molar-refractivity contribution >= 4 is 0 Å². The molecule has 0 amide bonds. The molecule has 0 saturated heterocycles. The summed E-state index contributed by atoms with van der Waals surface area (Å²) in [5, 5.41) is 0. The Hall–Kier alpha value is -1.02. The van der Waals surface area contributed by atoms with Crippen LogP contribution in [0.5, 0.6) is 5.75 Å². The number of benzene rings is 1. The fourth-order valence-electron chi connectivity index (χ4n) is 1.71. The highest BCUT2D eigenvalue weighted by Gasteiger charge is 2.31. The van der Waals surface area contributed by atoms with Crippen LogP contribution >= 0.6 is 0 Å². The van der Waals surface area contributed by atoms with Crippen molar-refractivity contribution in [2.24, 2.45) is 5.73 Å². The molecule has 0 aromatic heterocycles. The molecule has 0 spiro atoms. The zero-order valence-electron chi connectivity index (χ0n) is 8.13. The van der Waals surface area contributed by atoms with Crippen molar-refractivity contribution < 1.29 is 4.74 Å². The van der Waals surface area contributed by atoms with Gasteiger partial charge in [0, 0.05) is 17.5 Å². The number of fused-ring (bicyclic) bond motifs is 1. The van der Waals surface area contributed by atoms with Gasteiger partial charge in [0.05, 0.1) is 6.61 Å². The summed E-state index contributed by atoms with van der Waals surface area (Å²) in [6, 6.07) is 6.25. The molecule has 0 fully saturated rings. The van der Waals surface area contributed by atoms with Crippen molar-refractivity contribution in [2.45, 2.75) is 25.8 Å². The van der Waals surface area contributed by atoms with Crippen LogP contribution < -0.4 is 10.5 Å². The zero-order valence-corrected chi connectivity index (χ0v) is 8.13. The maximum atomic E-state index is 5.60. The molecule has 0 saturated carbocycles. The van der Waals surface area contributed by atoms with E-state index in [0.717, 1.165) is 17.9 Å². The number of ether oxygens (including phenoxy) is 1. The molecule has 2 rings (SSSR count). The van der Waals surface area contributed by atoms with Crippen LogP contribution in [0.4, 0.5) is 0 Å². The summed E-state index contributed by atoms with van der Waals surface area (Å²) >= 11 is 0. The van der Waals surface area contributed by atoms with E-state index in [-0.39, 0.29) is 5.41 Å². The van der Waals surface area contributed by atoms with Crippen molar-refractivity contribution in [1.82, 2.24) is 0 Å². The quantitative estimate of drug-likeness (QED) is 0.710. The van der Waals surface area contributed by atoms with Crippen LogP contribution in [-0.4, -0.2) is 6.61 Å². The van der Waals surface area contributed by atoms with E-state index in [1.165, 1.54) is 5.56 Å². The van der Waals surface area contributed by atoms with Gasteiger partial charge in [0.2, 0.25) is 0 Å². The first-order valence-corrected chi connectivity index (χ1v) is 4.60. The van der Waals surface area contributed by atoms with Crippen LogP contribution in [0.3, 0.4) is 0 Å². The van der Waals surface area contributed by atoms with Gasteiger partial charge >= 0.3 is 0 Å². The van der Waals surface area contributed by atoms with Crippen molar-refractivity contribution in [3.05, 3.63) is 29.3 Å². The summed E-state index contributed by atoms with van der Waals surface area (Å²) in [7, 11) is 0. The highest BCUT2D eigenvalue weighted by atomic mass is 16.5. The predicted octanol–water partition coefficient (Wildman–Crippen LogP) is 1.82. The Balaban J connectivity index is 2.46. The molecule has 2 N–H and O–H groups in total. The van der Waals surface area contributed by atoms with Gasteiger partial charge in [-0.05, 0) is 11.6 Å². The number of rotatable bonds is 1. The second-order valence-corrected chi connectivity index (χ2v) is 4.21. The van der Waals surface area contributed by atoms with Gasteiger partial charge in [0.25, 0.3) is 0 Å². The maximum absolute atomic E-state index is 5.60. The number of hydrogen-bond acceptors (Lipinski definition) is 2. The molecule has 0 aliphatic carbocycles. The smallest absolute Gasteiger partial charge is 0.123 e. The van der Waals surface area contributed by atoms with Crippen molar-refractivity contribution in [1.29, 1.82) is 0 Å². The summed E-state index contributed by atoms with van der Waals surface area (Å²) in [6.45, 7) is 5.75. The van der Waals surface area contributed by atoms with Crippen LogP contribution in [-0.2, 0) is 12.0 Å². The Kier molecular flexibility index (Phi) is 1.81. The van der Waals surface area contributed by atoms with Gasteiger partial charge in [-0.15, -0.1) is 0 Å². The summed E-state index contributed by atoms with van der Waals surface area (Å²) in [4.78, 5) is 0. The summed E-state index contributed by atoms with van der Waals surface area (Å²) in [5.74, 6) is 1.01. The third-order valence-electron chi connectivity index (χ3n) is 2.60. The monoisotopic (exact) mass is 177 g/mol. The van der Waals surface area contributed by atoms with Crippen LogP contribution in [0, 0.1) is 0 Å². The van der Waals surface area contributed by atoms with E-state index in [0.29, 0.717) is 6.54 Å². The largest absolute Gasteiger partial charge is 0.492 e. The molecule has 70 valence electrons. The molecule has 0 radical (unpaired) electrons. The Morgan fingerprint density at radius 2 is 2.23 bits per heavy atom. The van der Waals surface area contributed by atoms with E-state index in [1.54, 1.807) is 0 Å². The third-order valence-corrected chi connectivity index (χ3v) is 2.60. The van der Waals surface area contributed by atoms with Crippen LogP contribution in [0.25, 0.3) is 0 Å². The highest BCUT2D eigenvalue weighted by molar-refractivity contribution is 5.45. The molecule has 0 unspecified atom stereocenters. The van der Waals surface area contributed by atoms with Crippen LogP contribution in [0.1, 0.15) is 25.0 Å². The van der Waals surface area contributed by atoms with E-state index >= 15 is 0 Å². The normalized spacial score (nSPS) is 18.1. The maximum Gasteiger partial charge on any atom is 0.123 e. The molecule has 1 heterocycles. The van der Waals surface area contributed by atoms with Crippen molar-refractivity contribution in [2.75, 3.05) is 6.61 Å². The molecule has 0 bridgehead atoms. The minimum Gasteiger partial charge on any atom is -0.492 e. The molecule has 1 aromatic carbocycles. The number of nitrogens with two attached hydrogens (primary N) is 1. The van der Waals surface area contributed by atoms with Crippen LogP contribution in [0.15, 0.2) is 18.2 Å². The molecule has 1 aromatic rings. The van der Waals surface area contributed by atoms with Gasteiger partial charge in [-0.3, -0.25) is 0 Å². The first kappa shape index (κ1) is 8.57. The van der Waals surface area contributed by atoms with Gasteiger partial charge in [-0.25, -0.2) is 0 Å². The molecule has 2 nitrogen and oxygen atoms in total. The molecule has 13 heavy (non-hydrogen) atoms. The van der Waals surface area contributed by atoms with Gasteiger partial charge in [-0.2, -0.15) is 0 Å². The molecule has 1 aliphatic rings. The second-order valence-electron chi connectivity index (χ2n) is 4.21. The summed E-state index contributed by atoms with van der Waals surface area (Å²) < 4.78 is 5.60. The van der Waals surface area contributed by atoms with E-state index in [1.807, 2.05) is 6.07 Å². The minimum absolute atomic E-state index is 0.155. The summed E-state index contributed by atoms with van der Waals surface area (Å²) in [5.41, 5.74) is 8.14. The number of hydrogen-bond donors (Lipinski definition) is 1. The average Bonchev–Trinajstić information content (AvgIpc) is 2.42. The first-order valence-electron chi connectivity index (χ1n) is 4.60. The lowest BCUT2D eigenvalue weighted by Gasteiger charge is -2.14. The standard InChI is InChI=1S/C11H15NO/c1-11(2)7-13-10-5-8(6-12)3-4-9(10)11/h3-5H,6-7,12H2,1-2H3. The van der Waals surface area contributed by atoms with Gasteiger partial charge in [0.1, 0.15) is 5.75 Å². The second kappa shape index (κ2) is 2.74. The van der Waals surface area contributed by atoms with Gasteiger partial charge in [-0.1, -0.05) is 26.0 Å². The lowest BCUT2D eigenvalue weighted by Crippen LogP contribution is -2.18. The SMILES string of the molecule is CC1(C)COc2cc(CN)ccc21. The highest BCUT2D eigenvalue weighted by Crippen LogP contribution is 2.38. The lowest BCUT2D eigenvalue weighted by atomic mass is 9.87. The Labute approximate surface area is 78.7 Å². The van der Waals surface area contributed by atoms with Gasteiger partial charge < -0.3 is 10.5 Å². The first-order chi connectivity index (χ1) is 6.13. The third kappa shape index (κ3) is 1.31. The van der Waals surface area contributed by atoms with E-state index in [4.69, 9.17) is 10.5 Å². The average molecular weight is 177 g/mol. The minimum atomic E-state index is 0.155. The van der Waals surface area contributed by atoms with Gasteiger partial charge in [0.15, 0.2) is 0 Å². The molecular formula is C11H15NO. The molecule has 2 heteroatoms. The predicted molar refractivity (Wildman–Crippen MR) is 52.9 cm³/mol. The molecular weight excluding hydrogens is 162 g/mol. The fourth-order valence-corrected chi connectivity index (χ4v) is 1.71. The van der Waals surface area contributed by atoms with Crippen LogP contribution in [0.2, 0.25) is 0 Å². The van der Waals surface area contributed by atoms with E-state index in [9.17, 15) is 0 Å².